The largest absolute Gasteiger partial charge is 0.497 e. The quantitative estimate of drug-likeness (QED) is 0.846. The van der Waals surface area contributed by atoms with Crippen molar-refractivity contribution in [3.8, 4) is 5.75 Å². The summed E-state index contributed by atoms with van der Waals surface area (Å²) in [4.78, 5) is 7.46. The number of aromatic amines is 1. The molecule has 90 valence electrons. The molecule has 0 saturated heterocycles. The minimum atomic E-state index is -0.0559. The van der Waals surface area contributed by atoms with Gasteiger partial charge in [0.1, 0.15) is 11.6 Å². The molecule has 1 atom stereocenters. The number of imidazole rings is 1. The first-order valence-corrected chi connectivity index (χ1v) is 5.61. The molecule has 0 aliphatic heterocycles. The van der Waals surface area contributed by atoms with Gasteiger partial charge in [-0.05, 0) is 24.6 Å². The topological polar surface area (TPSA) is 63.9 Å². The Balaban J connectivity index is 2.08. The smallest absolute Gasteiger partial charge is 0.122 e. The van der Waals surface area contributed by atoms with Crippen molar-refractivity contribution in [3.63, 3.8) is 0 Å². The number of nitrogens with one attached hydrogen (secondary N) is 1. The minimum absolute atomic E-state index is 0.0559. The normalized spacial score (nSPS) is 12.4. The maximum Gasteiger partial charge on any atom is 0.122 e. The summed E-state index contributed by atoms with van der Waals surface area (Å²) < 4.78 is 5.12. The number of rotatable bonds is 4. The van der Waals surface area contributed by atoms with E-state index in [-0.39, 0.29) is 6.04 Å². The van der Waals surface area contributed by atoms with Crippen LogP contribution in [0.3, 0.4) is 0 Å². The fourth-order valence-electron chi connectivity index (χ4n) is 1.66. The third kappa shape index (κ3) is 2.85. The molecular weight excluding hydrogens is 214 g/mol. The van der Waals surface area contributed by atoms with Gasteiger partial charge >= 0.3 is 0 Å². The van der Waals surface area contributed by atoms with E-state index < -0.39 is 0 Å². The Morgan fingerprint density at radius 2 is 2.06 bits per heavy atom. The Kier molecular flexibility index (Phi) is 3.44. The van der Waals surface area contributed by atoms with E-state index in [4.69, 9.17) is 10.5 Å². The number of ether oxygens (including phenoxy) is 1. The summed E-state index contributed by atoms with van der Waals surface area (Å²) >= 11 is 0. The van der Waals surface area contributed by atoms with Gasteiger partial charge in [-0.1, -0.05) is 12.1 Å². The molecule has 2 aromatic rings. The van der Waals surface area contributed by atoms with Gasteiger partial charge < -0.3 is 15.5 Å². The number of nitrogens with zero attached hydrogens (tertiary/aromatic N) is 1. The number of benzene rings is 1. The average Bonchev–Trinajstić information content (AvgIpc) is 2.79. The first kappa shape index (κ1) is 11.7. The van der Waals surface area contributed by atoms with Crippen LogP contribution in [0.4, 0.5) is 0 Å². The average molecular weight is 231 g/mol. The lowest BCUT2D eigenvalue weighted by molar-refractivity contribution is 0.414. The third-order valence-electron chi connectivity index (χ3n) is 2.63. The number of nitrogens with two attached hydrogens (primary N) is 1. The first-order chi connectivity index (χ1) is 8.19. The second-order valence-electron chi connectivity index (χ2n) is 4.11. The highest BCUT2D eigenvalue weighted by molar-refractivity contribution is 5.29. The molecule has 0 spiro atoms. The monoisotopic (exact) mass is 231 g/mol. The van der Waals surface area contributed by atoms with Crippen molar-refractivity contribution in [1.29, 1.82) is 0 Å². The van der Waals surface area contributed by atoms with Crippen molar-refractivity contribution in [1.82, 2.24) is 9.97 Å². The standard InChI is InChI=1S/C13H17N3O/c1-9(14)13-15-8-11(16-13)7-10-3-5-12(17-2)6-4-10/h3-6,8-9H,7,14H2,1-2H3,(H,15,16)/t9-/m0/s1. The lowest BCUT2D eigenvalue weighted by atomic mass is 10.1. The molecule has 3 N–H and O–H groups in total. The lowest BCUT2D eigenvalue weighted by Gasteiger charge is -2.02. The molecule has 0 saturated carbocycles. The zero-order valence-electron chi connectivity index (χ0n) is 10.1. The zero-order chi connectivity index (χ0) is 12.3. The van der Waals surface area contributed by atoms with E-state index in [0.717, 1.165) is 23.7 Å². The highest BCUT2D eigenvalue weighted by Gasteiger charge is 2.05. The highest BCUT2D eigenvalue weighted by atomic mass is 16.5. The van der Waals surface area contributed by atoms with Gasteiger partial charge in [0.15, 0.2) is 0 Å². The SMILES string of the molecule is COc1ccc(Cc2cnc([C@H](C)N)[nH]2)cc1. The molecule has 4 heteroatoms. The van der Waals surface area contributed by atoms with Crippen LogP contribution >= 0.6 is 0 Å². The number of methoxy groups -OCH3 is 1. The van der Waals surface area contributed by atoms with E-state index in [1.165, 1.54) is 5.56 Å². The van der Waals surface area contributed by atoms with E-state index in [1.807, 2.05) is 37.4 Å². The van der Waals surface area contributed by atoms with Crippen LogP contribution in [0.25, 0.3) is 0 Å². The summed E-state index contributed by atoms with van der Waals surface area (Å²) in [6.45, 7) is 1.91. The van der Waals surface area contributed by atoms with Crippen LogP contribution in [0.5, 0.6) is 5.75 Å². The molecular formula is C13H17N3O. The molecule has 1 heterocycles. The molecule has 0 amide bonds. The van der Waals surface area contributed by atoms with Crippen LogP contribution in [0, 0.1) is 0 Å². The predicted molar refractivity (Wildman–Crippen MR) is 67.0 cm³/mol. The number of hydrogen-bond donors (Lipinski definition) is 2. The van der Waals surface area contributed by atoms with E-state index in [0.29, 0.717) is 0 Å². The molecule has 4 nitrogen and oxygen atoms in total. The Labute approximate surface area is 101 Å². The number of H-pyrrole nitrogens is 1. The van der Waals surface area contributed by atoms with Crippen molar-refractivity contribution in [2.24, 2.45) is 5.73 Å². The molecule has 0 radical (unpaired) electrons. The van der Waals surface area contributed by atoms with Gasteiger partial charge in [-0.2, -0.15) is 0 Å². The van der Waals surface area contributed by atoms with E-state index >= 15 is 0 Å². The van der Waals surface area contributed by atoms with Crippen LogP contribution in [-0.4, -0.2) is 17.1 Å². The molecule has 0 unspecified atom stereocenters. The molecule has 2 rings (SSSR count). The summed E-state index contributed by atoms with van der Waals surface area (Å²) in [5.41, 5.74) is 8.03. The van der Waals surface area contributed by atoms with Gasteiger partial charge in [0.05, 0.1) is 13.2 Å². The van der Waals surface area contributed by atoms with Gasteiger partial charge in [0.2, 0.25) is 0 Å². The summed E-state index contributed by atoms with van der Waals surface area (Å²) in [6, 6.07) is 7.95. The van der Waals surface area contributed by atoms with Gasteiger partial charge in [-0.15, -0.1) is 0 Å². The van der Waals surface area contributed by atoms with Crippen molar-refractivity contribution in [2.45, 2.75) is 19.4 Å². The lowest BCUT2D eigenvalue weighted by Crippen LogP contribution is -2.06. The van der Waals surface area contributed by atoms with Crippen LogP contribution in [0.1, 0.15) is 30.0 Å². The molecule has 17 heavy (non-hydrogen) atoms. The van der Waals surface area contributed by atoms with Crippen LogP contribution < -0.4 is 10.5 Å². The Bertz CT molecular complexity index is 474. The molecule has 1 aromatic carbocycles. The van der Waals surface area contributed by atoms with Crippen molar-refractivity contribution >= 4 is 0 Å². The fourth-order valence-corrected chi connectivity index (χ4v) is 1.66. The zero-order valence-corrected chi connectivity index (χ0v) is 10.1. The van der Waals surface area contributed by atoms with E-state index in [2.05, 4.69) is 9.97 Å². The van der Waals surface area contributed by atoms with Crippen molar-refractivity contribution in [3.05, 3.63) is 47.5 Å². The van der Waals surface area contributed by atoms with Crippen LogP contribution in [-0.2, 0) is 6.42 Å². The van der Waals surface area contributed by atoms with Gasteiger partial charge in [-0.25, -0.2) is 4.98 Å². The van der Waals surface area contributed by atoms with Gasteiger partial charge in [0, 0.05) is 18.3 Å². The van der Waals surface area contributed by atoms with Gasteiger partial charge in [-0.3, -0.25) is 0 Å². The predicted octanol–water partition coefficient (Wildman–Crippen LogP) is 2.03. The molecule has 0 aliphatic rings. The van der Waals surface area contributed by atoms with Crippen LogP contribution in [0.15, 0.2) is 30.5 Å². The second-order valence-corrected chi connectivity index (χ2v) is 4.11. The summed E-state index contributed by atoms with van der Waals surface area (Å²) in [7, 11) is 1.67. The fraction of sp³-hybridized carbons (Fsp3) is 0.308. The first-order valence-electron chi connectivity index (χ1n) is 5.61. The van der Waals surface area contributed by atoms with Crippen molar-refractivity contribution in [2.75, 3.05) is 7.11 Å². The summed E-state index contributed by atoms with van der Waals surface area (Å²) in [5, 5.41) is 0. The number of hydrogen-bond acceptors (Lipinski definition) is 3. The summed E-state index contributed by atoms with van der Waals surface area (Å²) in [5.74, 6) is 1.70. The molecule has 0 fully saturated rings. The van der Waals surface area contributed by atoms with E-state index in [9.17, 15) is 0 Å². The molecule has 0 aliphatic carbocycles. The van der Waals surface area contributed by atoms with Crippen LogP contribution in [0.2, 0.25) is 0 Å². The Hall–Kier alpha value is -1.81. The van der Waals surface area contributed by atoms with E-state index in [1.54, 1.807) is 7.11 Å². The van der Waals surface area contributed by atoms with Gasteiger partial charge in [0.25, 0.3) is 0 Å². The highest BCUT2D eigenvalue weighted by Crippen LogP contribution is 2.14. The summed E-state index contributed by atoms with van der Waals surface area (Å²) in [6.07, 6.45) is 2.66. The second kappa shape index (κ2) is 5.01. The maximum absolute atomic E-state index is 5.75. The third-order valence-corrected chi connectivity index (χ3v) is 2.63. The maximum atomic E-state index is 5.75. The molecule has 1 aromatic heterocycles. The Morgan fingerprint density at radius 3 is 2.59 bits per heavy atom. The number of aromatic nitrogens is 2. The van der Waals surface area contributed by atoms with Crippen molar-refractivity contribution < 1.29 is 4.74 Å². The Morgan fingerprint density at radius 1 is 1.35 bits per heavy atom. The minimum Gasteiger partial charge on any atom is -0.497 e. The molecule has 0 bridgehead atoms.